The molecule has 4 aromatic carbocycles. The van der Waals surface area contributed by atoms with Crippen LogP contribution >= 0.6 is 0 Å². The lowest BCUT2D eigenvalue weighted by Crippen LogP contribution is -1.93. The van der Waals surface area contributed by atoms with Gasteiger partial charge in [-0.05, 0) is 54.6 Å². The standard InChI is InChI=1S/C29H18N2O/c1-2-8-20(9-3-1)31-26-14-13-19(25-11-6-7-15-30-25)16-22(26)23-18-29-24(17-27(23)31)21-10-4-5-12-28(21)32-29/h1-18H. The second-order valence-electron chi connectivity index (χ2n) is 8.08. The smallest absolute Gasteiger partial charge is 0.136 e. The Morgan fingerprint density at radius 2 is 1.38 bits per heavy atom. The highest BCUT2D eigenvalue weighted by atomic mass is 16.3. The van der Waals surface area contributed by atoms with Crippen LogP contribution in [-0.4, -0.2) is 9.55 Å². The molecule has 0 radical (unpaired) electrons. The molecule has 0 saturated heterocycles. The highest BCUT2D eigenvalue weighted by Crippen LogP contribution is 2.39. The normalized spacial score (nSPS) is 11.8. The van der Waals surface area contributed by atoms with E-state index >= 15 is 0 Å². The van der Waals surface area contributed by atoms with E-state index in [-0.39, 0.29) is 0 Å². The second-order valence-corrected chi connectivity index (χ2v) is 8.08. The molecule has 0 spiro atoms. The van der Waals surface area contributed by atoms with Crippen LogP contribution in [0.25, 0.3) is 60.7 Å². The zero-order valence-electron chi connectivity index (χ0n) is 17.2. The third kappa shape index (κ3) is 2.45. The summed E-state index contributed by atoms with van der Waals surface area (Å²) in [5.41, 5.74) is 7.39. The molecule has 150 valence electrons. The summed E-state index contributed by atoms with van der Waals surface area (Å²) in [4.78, 5) is 4.55. The van der Waals surface area contributed by atoms with Crippen molar-refractivity contribution in [3.63, 3.8) is 0 Å². The summed E-state index contributed by atoms with van der Waals surface area (Å²) < 4.78 is 8.56. The second kappa shape index (κ2) is 6.56. The van der Waals surface area contributed by atoms with E-state index < -0.39 is 0 Å². The number of pyridine rings is 1. The minimum atomic E-state index is 0.911. The quantitative estimate of drug-likeness (QED) is 0.292. The summed E-state index contributed by atoms with van der Waals surface area (Å²) in [6.45, 7) is 0. The number of hydrogen-bond acceptors (Lipinski definition) is 2. The van der Waals surface area contributed by atoms with Gasteiger partial charge < -0.3 is 8.98 Å². The lowest BCUT2D eigenvalue weighted by Gasteiger charge is -2.08. The molecule has 3 heterocycles. The SMILES string of the molecule is c1ccc(-n2c3ccc(-c4ccccn4)cc3c3cc4oc5ccccc5c4cc32)cc1. The van der Waals surface area contributed by atoms with Crippen LogP contribution in [0.1, 0.15) is 0 Å². The number of nitrogens with zero attached hydrogens (tertiary/aromatic N) is 2. The molecule has 0 bridgehead atoms. The third-order valence-corrected chi connectivity index (χ3v) is 6.24. The highest BCUT2D eigenvalue weighted by molar-refractivity contribution is 6.17. The molecule has 0 aliphatic heterocycles. The van der Waals surface area contributed by atoms with Crippen LogP contribution < -0.4 is 0 Å². The molecule has 0 atom stereocenters. The largest absolute Gasteiger partial charge is 0.456 e. The molecule has 32 heavy (non-hydrogen) atoms. The summed E-state index contributed by atoms with van der Waals surface area (Å²) in [6.07, 6.45) is 1.84. The van der Waals surface area contributed by atoms with Gasteiger partial charge in [0, 0.05) is 39.0 Å². The van der Waals surface area contributed by atoms with Crippen LogP contribution in [0, 0.1) is 0 Å². The highest BCUT2D eigenvalue weighted by Gasteiger charge is 2.17. The number of para-hydroxylation sites is 2. The van der Waals surface area contributed by atoms with Gasteiger partial charge in [-0.1, -0.05) is 48.5 Å². The predicted molar refractivity (Wildman–Crippen MR) is 131 cm³/mol. The maximum absolute atomic E-state index is 6.22. The molecular formula is C29H18N2O. The topological polar surface area (TPSA) is 31.0 Å². The van der Waals surface area contributed by atoms with Crippen molar-refractivity contribution in [2.75, 3.05) is 0 Å². The van der Waals surface area contributed by atoms with Crippen molar-refractivity contribution in [1.82, 2.24) is 9.55 Å². The minimum Gasteiger partial charge on any atom is -0.456 e. The summed E-state index contributed by atoms with van der Waals surface area (Å²) in [5.74, 6) is 0. The van der Waals surface area contributed by atoms with Gasteiger partial charge in [0.25, 0.3) is 0 Å². The Kier molecular flexibility index (Phi) is 3.55. The molecule has 0 aliphatic carbocycles. The first kappa shape index (κ1) is 17.3. The Morgan fingerprint density at radius 1 is 0.562 bits per heavy atom. The van der Waals surface area contributed by atoms with Crippen LogP contribution in [0.5, 0.6) is 0 Å². The van der Waals surface area contributed by atoms with Crippen molar-refractivity contribution in [3.8, 4) is 16.9 Å². The van der Waals surface area contributed by atoms with Gasteiger partial charge in [0.15, 0.2) is 0 Å². The molecule has 0 fully saturated rings. The fourth-order valence-electron chi connectivity index (χ4n) is 4.79. The number of fused-ring (bicyclic) bond motifs is 6. The van der Waals surface area contributed by atoms with Gasteiger partial charge in [0.1, 0.15) is 11.2 Å². The van der Waals surface area contributed by atoms with Crippen molar-refractivity contribution >= 4 is 43.7 Å². The van der Waals surface area contributed by atoms with E-state index in [2.05, 4.69) is 88.4 Å². The molecule has 3 aromatic heterocycles. The lowest BCUT2D eigenvalue weighted by atomic mass is 10.1. The van der Waals surface area contributed by atoms with Crippen molar-refractivity contribution < 1.29 is 4.42 Å². The lowest BCUT2D eigenvalue weighted by molar-refractivity contribution is 0.669. The molecule has 0 unspecified atom stereocenters. The average molecular weight is 410 g/mol. The van der Waals surface area contributed by atoms with Gasteiger partial charge in [0.2, 0.25) is 0 Å². The fraction of sp³-hybridized carbons (Fsp3) is 0. The van der Waals surface area contributed by atoms with E-state index in [0.29, 0.717) is 0 Å². The maximum Gasteiger partial charge on any atom is 0.136 e. The van der Waals surface area contributed by atoms with Crippen molar-refractivity contribution in [2.24, 2.45) is 0 Å². The van der Waals surface area contributed by atoms with E-state index in [9.17, 15) is 0 Å². The van der Waals surface area contributed by atoms with Crippen molar-refractivity contribution in [1.29, 1.82) is 0 Å². The van der Waals surface area contributed by atoms with Crippen LogP contribution in [0.3, 0.4) is 0 Å². The van der Waals surface area contributed by atoms with E-state index in [0.717, 1.165) is 38.9 Å². The van der Waals surface area contributed by atoms with Gasteiger partial charge in [0.05, 0.1) is 16.7 Å². The molecule has 7 rings (SSSR count). The Morgan fingerprint density at radius 3 is 2.25 bits per heavy atom. The molecule has 0 aliphatic rings. The van der Waals surface area contributed by atoms with Gasteiger partial charge in [-0.15, -0.1) is 0 Å². The number of furan rings is 1. The third-order valence-electron chi connectivity index (χ3n) is 6.24. The van der Waals surface area contributed by atoms with Crippen molar-refractivity contribution in [2.45, 2.75) is 0 Å². The molecule has 0 saturated carbocycles. The van der Waals surface area contributed by atoms with Crippen LogP contribution in [0.15, 0.2) is 114 Å². The first-order valence-electron chi connectivity index (χ1n) is 10.7. The van der Waals surface area contributed by atoms with E-state index in [4.69, 9.17) is 4.42 Å². The summed E-state index contributed by atoms with van der Waals surface area (Å²) in [7, 11) is 0. The zero-order valence-corrected chi connectivity index (χ0v) is 17.2. The first-order chi connectivity index (χ1) is 15.9. The van der Waals surface area contributed by atoms with Gasteiger partial charge in [-0.2, -0.15) is 0 Å². The predicted octanol–water partition coefficient (Wildman–Crippen LogP) is 7.75. The summed E-state index contributed by atoms with van der Waals surface area (Å²) in [5, 5.41) is 4.64. The number of aromatic nitrogens is 2. The Bertz CT molecular complexity index is 1760. The number of rotatable bonds is 2. The zero-order chi connectivity index (χ0) is 21.1. The minimum absolute atomic E-state index is 0.911. The molecule has 3 heteroatoms. The van der Waals surface area contributed by atoms with Crippen molar-refractivity contribution in [3.05, 3.63) is 109 Å². The Labute approximate surface area is 184 Å². The van der Waals surface area contributed by atoms with Gasteiger partial charge in [-0.25, -0.2) is 0 Å². The Hall–Kier alpha value is -4.37. The molecular weight excluding hydrogens is 392 g/mol. The monoisotopic (exact) mass is 410 g/mol. The molecule has 0 amide bonds. The Balaban J connectivity index is 1.64. The molecule has 7 aromatic rings. The van der Waals surface area contributed by atoms with Crippen LogP contribution in [-0.2, 0) is 0 Å². The maximum atomic E-state index is 6.22. The van der Waals surface area contributed by atoms with E-state index in [1.54, 1.807) is 0 Å². The first-order valence-corrected chi connectivity index (χ1v) is 10.7. The molecule has 3 nitrogen and oxygen atoms in total. The van der Waals surface area contributed by atoms with E-state index in [1.807, 2.05) is 30.5 Å². The number of benzene rings is 4. The van der Waals surface area contributed by atoms with Gasteiger partial charge >= 0.3 is 0 Å². The van der Waals surface area contributed by atoms with E-state index in [1.165, 1.54) is 21.8 Å². The molecule has 0 N–H and O–H groups in total. The van der Waals surface area contributed by atoms with Crippen LogP contribution in [0.4, 0.5) is 0 Å². The summed E-state index contributed by atoms with van der Waals surface area (Å²) >= 11 is 0. The fourth-order valence-corrected chi connectivity index (χ4v) is 4.79. The van der Waals surface area contributed by atoms with Crippen LogP contribution in [0.2, 0.25) is 0 Å². The number of hydrogen-bond donors (Lipinski definition) is 0. The summed E-state index contributed by atoms with van der Waals surface area (Å²) in [6, 6.07) is 35.9. The van der Waals surface area contributed by atoms with Gasteiger partial charge in [-0.3, -0.25) is 4.98 Å². The average Bonchev–Trinajstić information content (AvgIpc) is 3.38.